The molecular weight excluding hydrogens is 164 g/mol. The van der Waals surface area contributed by atoms with Crippen molar-refractivity contribution in [1.29, 1.82) is 0 Å². The van der Waals surface area contributed by atoms with Crippen molar-refractivity contribution in [3.05, 3.63) is 0 Å². The van der Waals surface area contributed by atoms with Crippen molar-refractivity contribution in [3.8, 4) is 0 Å². The average molecular weight is 179 g/mol. The molecule has 0 aromatic heterocycles. The summed E-state index contributed by atoms with van der Waals surface area (Å²) < 4.78 is 0. The molecule has 1 atom stereocenters. The number of alkyl halides is 1. The number of carbonyl (C=O) groups is 1. The number of amides is 1. The van der Waals surface area contributed by atoms with E-state index in [4.69, 9.17) is 17.3 Å². The van der Waals surface area contributed by atoms with Gasteiger partial charge in [0.15, 0.2) is 0 Å². The number of nitrogens with one attached hydrogen (secondary N) is 1. The Balaban J connectivity index is 3.64. The van der Waals surface area contributed by atoms with Gasteiger partial charge in [0.05, 0.1) is 6.04 Å². The Kier molecular flexibility index (Phi) is 5.24. The first-order valence-electron chi connectivity index (χ1n) is 3.70. The van der Waals surface area contributed by atoms with Gasteiger partial charge in [-0.3, -0.25) is 4.79 Å². The summed E-state index contributed by atoms with van der Waals surface area (Å²) in [6.45, 7) is 3.79. The summed E-state index contributed by atoms with van der Waals surface area (Å²) in [5.41, 5.74) is 5.48. The van der Waals surface area contributed by atoms with E-state index in [0.717, 1.165) is 0 Å². The second-order valence-corrected chi connectivity index (χ2v) is 3.13. The molecule has 0 heterocycles. The highest BCUT2D eigenvalue weighted by Crippen LogP contribution is 1.91. The van der Waals surface area contributed by atoms with Crippen LogP contribution in [0, 0.1) is 0 Å². The standard InChI is InChI=1S/C7H15ClN2O/c1-5(2)10-7(11)6(9)3-4-8/h5-6H,3-4,9H2,1-2H3,(H,10,11). The van der Waals surface area contributed by atoms with Crippen molar-refractivity contribution < 1.29 is 4.79 Å². The maximum atomic E-state index is 11.0. The molecule has 3 N–H and O–H groups in total. The molecule has 0 saturated heterocycles. The Bertz CT molecular complexity index is 128. The molecule has 0 radical (unpaired) electrons. The number of carbonyl (C=O) groups excluding carboxylic acids is 1. The molecule has 3 nitrogen and oxygen atoms in total. The van der Waals surface area contributed by atoms with Crippen LogP contribution in [0.25, 0.3) is 0 Å². The van der Waals surface area contributed by atoms with Gasteiger partial charge in [-0.1, -0.05) is 0 Å². The highest BCUT2D eigenvalue weighted by Gasteiger charge is 2.12. The van der Waals surface area contributed by atoms with Crippen LogP contribution in [0.5, 0.6) is 0 Å². The van der Waals surface area contributed by atoms with Crippen LogP contribution < -0.4 is 11.1 Å². The van der Waals surface area contributed by atoms with Gasteiger partial charge in [0.25, 0.3) is 0 Å². The summed E-state index contributed by atoms with van der Waals surface area (Å²) in [5, 5.41) is 2.70. The van der Waals surface area contributed by atoms with Crippen LogP contribution in [-0.2, 0) is 4.79 Å². The van der Waals surface area contributed by atoms with Crippen molar-refractivity contribution in [2.45, 2.75) is 32.4 Å². The molecule has 0 aliphatic heterocycles. The van der Waals surface area contributed by atoms with Crippen LogP contribution in [0.3, 0.4) is 0 Å². The normalized spacial score (nSPS) is 13.2. The van der Waals surface area contributed by atoms with Crippen LogP contribution in [0.4, 0.5) is 0 Å². The van der Waals surface area contributed by atoms with E-state index < -0.39 is 6.04 Å². The molecule has 66 valence electrons. The van der Waals surface area contributed by atoms with E-state index in [1.807, 2.05) is 13.8 Å². The minimum atomic E-state index is -0.463. The van der Waals surface area contributed by atoms with Crippen LogP contribution >= 0.6 is 11.6 Å². The summed E-state index contributed by atoms with van der Waals surface area (Å²) >= 11 is 5.42. The predicted octanol–water partition coefficient (Wildman–Crippen LogP) is 0.467. The van der Waals surface area contributed by atoms with E-state index in [2.05, 4.69) is 5.32 Å². The van der Waals surface area contributed by atoms with Gasteiger partial charge in [-0.25, -0.2) is 0 Å². The molecule has 1 unspecified atom stereocenters. The number of hydrogen-bond donors (Lipinski definition) is 2. The fourth-order valence-corrected chi connectivity index (χ4v) is 0.875. The maximum Gasteiger partial charge on any atom is 0.237 e. The summed E-state index contributed by atoms with van der Waals surface area (Å²) in [4.78, 5) is 11.0. The van der Waals surface area contributed by atoms with Crippen LogP contribution in [0.2, 0.25) is 0 Å². The summed E-state index contributed by atoms with van der Waals surface area (Å²) in [7, 11) is 0. The Hall–Kier alpha value is -0.280. The average Bonchev–Trinajstić information content (AvgIpc) is 1.86. The zero-order chi connectivity index (χ0) is 8.85. The molecule has 0 bridgehead atoms. The van der Waals surface area contributed by atoms with Gasteiger partial charge in [0.2, 0.25) is 5.91 Å². The van der Waals surface area contributed by atoms with E-state index in [0.29, 0.717) is 12.3 Å². The number of hydrogen-bond acceptors (Lipinski definition) is 2. The Labute approximate surface area is 72.3 Å². The van der Waals surface area contributed by atoms with E-state index in [1.54, 1.807) is 0 Å². The molecule has 0 aromatic rings. The van der Waals surface area contributed by atoms with Crippen LogP contribution in [-0.4, -0.2) is 23.9 Å². The van der Waals surface area contributed by atoms with E-state index in [1.165, 1.54) is 0 Å². The first-order valence-corrected chi connectivity index (χ1v) is 4.23. The highest BCUT2D eigenvalue weighted by atomic mass is 35.5. The third kappa shape index (κ3) is 5.04. The number of halogens is 1. The smallest absolute Gasteiger partial charge is 0.237 e. The largest absolute Gasteiger partial charge is 0.353 e. The van der Waals surface area contributed by atoms with Crippen molar-refractivity contribution in [3.63, 3.8) is 0 Å². The zero-order valence-corrected chi connectivity index (χ0v) is 7.69. The fraction of sp³-hybridized carbons (Fsp3) is 0.857. The molecule has 4 heteroatoms. The molecular formula is C7H15ClN2O. The van der Waals surface area contributed by atoms with Crippen LogP contribution in [0.15, 0.2) is 0 Å². The Morgan fingerprint density at radius 3 is 2.55 bits per heavy atom. The quantitative estimate of drug-likeness (QED) is 0.615. The molecule has 0 fully saturated rings. The summed E-state index contributed by atoms with van der Waals surface area (Å²) in [6, 6.07) is -0.321. The van der Waals surface area contributed by atoms with Crippen LogP contribution in [0.1, 0.15) is 20.3 Å². The van der Waals surface area contributed by atoms with E-state index in [-0.39, 0.29) is 11.9 Å². The topological polar surface area (TPSA) is 55.1 Å². The van der Waals surface area contributed by atoms with Crippen molar-refractivity contribution in [2.75, 3.05) is 5.88 Å². The fourth-order valence-electron chi connectivity index (χ4n) is 0.640. The predicted molar refractivity (Wildman–Crippen MR) is 46.6 cm³/mol. The molecule has 0 aliphatic rings. The summed E-state index contributed by atoms with van der Waals surface area (Å²) in [6.07, 6.45) is 0.528. The molecule has 0 aliphatic carbocycles. The second-order valence-electron chi connectivity index (χ2n) is 2.75. The first kappa shape index (κ1) is 10.7. The number of nitrogens with two attached hydrogens (primary N) is 1. The van der Waals surface area contributed by atoms with Gasteiger partial charge >= 0.3 is 0 Å². The van der Waals surface area contributed by atoms with Gasteiger partial charge < -0.3 is 11.1 Å². The van der Waals surface area contributed by atoms with Gasteiger partial charge in [-0.15, -0.1) is 11.6 Å². The second kappa shape index (κ2) is 5.38. The van der Waals surface area contributed by atoms with Gasteiger partial charge in [-0.05, 0) is 20.3 Å². The van der Waals surface area contributed by atoms with Gasteiger partial charge in [0.1, 0.15) is 0 Å². The minimum absolute atomic E-state index is 0.124. The molecule has 0 aromatic carbocycles. The monoisotopic (exact) mass is 178 g/mol. The molecule has 0 saturated carbocycles. The van der Waals surface area contributed by atoms with Gasteiger partial charge in [0, 0.05) is 11.9 Å². The summed E-state index contributed by atoms with van der Waals surface area (Å²) in [5.74, 6) is 0.299. The highest BCUT2D eigenvalue weighted by molar-refractivity contribution is 6.18. The lowest BCUT2D eigenvalue weighted by Crippen LogP contribution is -2.43. The zero-order valence-electron chi connectivity index (χ0n) is 6.93. The molecule has 0 rings (SSSR count). The van der Waals surface area contributed by atoms with E-state index in [9.17, 15) is 4.79 Å². The molecule has 1 amide bonds. The molecule has 11 heavy (non-hydrogen) atoms. The third-order valence-electron chi connectivity index (χ3n) is 1.19. The van der Waals surface area contributed by atoms with Crippen molar-refractivity contribution in [2.24, 2.45) is 5.73 Å². The Morgan fingerprint density at radius 2 is 2.18 bits per heavy atom. The van der Waals surface area contributed by atoms with Crippen molar-refractivity contribution in [1.82, 2.24) is 5.32 Å². The number of rotatable bonds is 4. The first-order chi connectivity index (χ1) is 5.07. The minimum Gasteiger partial charge on any atom is -0.353 e. The lowest BCUT2D eigenvalue weighted by molar-refractivity contribution is -0.122. The lowest BCUT2D eigenvalue weighted by Gasteiger charge is -2.12. The lowest BCUT2D eigenvalue weighted by atomic mass is 10.2. The third-order valence-corrected chi connectivity index (χ3v) is 1.41. The SMILES string of the molecule is CC(C)NC(=O)C(N)CCCl. The van der Waals surface area contributed by atoms with E-state index >= 15 is 0 Å². The molecule has 0 spiro atoms. The van der Waals surface area contributed by atoms with Gasteiger partial charge in [-0.2, -0.15) is 0 Å². The Morgan fingerprint density at radius 1 is 1.64 bits per heavy atom. The maximum absolute atomic E-state index is 11.0. The van der Waals surface area contributed by atoms with Crippen molar-refractivity contribution >= 4 is 17.5 Å².